The summed E-state index contributed by atoms with van der Waals surface area (Å²) in [6.45, 7) is 0.925. The molecule has 0 bridgehead atoms. The zero-order valence-electron chi connectivity index (χ0n) is 23.6. The Hall–Kier alpha value is -3.54. The van der Waals surface area contributed by atoms with Crippen LogP contribution < -0.4 is 0 Å². The van der Waals surface area contributed by atoms with Crippen molar-refractivity contribution in [2.75, 3.05) is 13.2 Å². The zero-order valence-corrected chi connectivity index (χ0v) is 23.6. The maximum Gasteiger partial charge on any atom is 0.338 e. The highest BCUT2D eigenvalue weighted by Gasteiger charge is 3.18. The molecule has 2 aromatic carbocycles. The van der Waals surface area contributed by atoms with E-state index in [1.54, 1.807) is 37.3 Å². The predicted molar refractivity (Wildman–Crippen MR) is 141 cm³/mol. The molecule has 3 aliphatic heterocycles. The van der Waals surface area contributed by atoms with Crippen molar-refractivity contribution < 1.29 is 73.8 Å². The highest BCUT2D eigenvalue weighted by atomic mass is 16.8. The minimum Gasteiger partial charge on any atom is -0.504 e. The van der Waals surface area contributed by atoms with Gasteiger partial charge in [0.15, 0.2) is 35.6 Å². The average Bonchev–Trinajstić information content (AvgIpc) is 3.01. The van der Waals surface area contributed by atoms with Crippen LogP contribution in [0.25, 0.3) is 0 Å². The summed E-state index contributed by atoms with van der Waals surface area (Å²) in [5, 5.41) is 72.5. The van der Waals surface area contributed by atoms with E-state index in [2.05, 4.69) is 0 Å². The van der Waals surface area contributed by atoms with Crippen LogP contribution in [0.2, 0.25) is 0 Å². The first-order chi connectivity index (χ1) is 21.3. The number of aliphatic hydroxyl groups is 4. The lowest BCUT2D eigenvalue weighted by Gasteiger charge is -3.05. The van der Waals surface area contributed by atoms with Gasteiger partial charge in [0.2, 0.25) is 0 Å². The number of esters is 2. The molecule has 6 aliphatic rings. The van der Waals surface area contributed by atoms with Gasteiger partial charge in [-0.05, 0) is 37.6 Å². The molecule has 240 valence electrons. The van der Waals surface area contributed by atoms with Crippen molar-refractivity contribution in [3.8, 4) is 17.2 Å². The SMILES string of the molecule is C[C@@]12O[C@H]3O[C@@]4(O)[C@@H]5CC1(O[C@@H]1O[C@H](COC(=O)c6cc(O)c(O)c(O)c6)[C@@H](O)[C@H](O)[C@H]1O)C5(COC(=O)c1ccccc1)C324. The zero-order chi connectivity index (χ0) is 31.9. The van der Waals surface area contributed by atoms with Gasteiger partial charge < -0.3 is 64.2 Å². The van der Waals surface area contributed by atoms with E-state index in [9.17, 15) is 45.3 Å². The van der Waals surface area contributed by atoms with E-state index in [4.69, 9.17) is 28.4 Å². The number of carbonyl (C=O) groups excluding carboxylic acids is 2. The second kappa shape index (κ2) is 8.83. The lowest BCUT2D eigenvalue weighted by molar-refractivity contribution is -0.792. The van der Waals surface area contributed by atoms with Crippen LogP contribution >= 0.6 is 0 Å². The number of aromatic hydroxyl groups is 3. The van der Waals surface area contributed by atoms with Gasteiger partial charge in [0.25, 0.3) is 0 Å². The molecule has 3 heterocycles. The van der Waals surface area contributed by atoms with E-state index < -0.39 is 107 Å². The van der Waals surface area contributed by atoms with Gasteiger partial charge in [-0.1, -0.05) is 18.2 Å². The predicted octanol–water partition coefficient (Wildman–Crippen LogP) is -0.766. The first-order valence-corrected chi connectivity index (χ1v) is 14.4. The summed E-state index contributed by atoms with van der Waals surface area (Å²) in [6.07, 6.45) is -8.84. The molecule has 3 unspecified atom stereocenters. The van der Waals surface area contributed by atoms with E-state index >= 15 is 0 Å². The van der Waals surface area contributed by atoms with Crippen LogP contribution in [0.5, 0.6) is 17.2 Å². The minimum absolute atomic E-state index is 0.159. The number of fused-ring (bicyclic) bond motifs is 2. The number of hydrogen-bond donors (Lipinski definition) is 7. The number of aliphatic hydroxyl groups excluding tert-OH is 3. The molecule has 7 N–H and O–H groups in total. The van der Waals surface area contributed by atoms with Gasteiger partial charge in [0.05, 0.1) is 16.5 Å². The van der Waals surface area contributed by atoms with E-state index in [0.29, 0.717) is 5.56 Å². The van der Waals surface area contributed by atoms with Crippen molar-refractivity contribution >= 4 is 11.9 Å². The lowest BCUT2D eigenvalue weighted by atomic mass is 9.08. The molecule has 15 heteroatoms. The summed E-state index contributed by atoms with van der Waals surface area (Å²) < 4.78 is 34.9. The molecule has 8 rings (SSSR count). The van der Waals surface area contributed by atoms with Crippen LogP contribution in [0, 0.1) is 16.7 Å². The minimum atomic E-state index is -1.80. The number of phenolic OH excluding ortho intramolecular Hbond substituents is 3. The van der Waals surface area contributed by atoms with Crippen molar-refractivity contribution in [2.24, 2.45) is 16.7 Å². The third-order valence-electron chi connectivity index (χ3n) is 11.2. The molecule has 6 fully saturated rings. The fourth-order valence-corrected chi connectivity index (χ4v) is 9.20. The largest absolute Gasteiger partial charge is 0.504 e. The fraction of sp³-hybridized carbons (Fsp3) is 0.533. The summed E-state index contributed by atoms with van der Waals surface area (Å²) in [5.41, 5.74) is -4.30. The van der Waals surface area contributed by atoms with E-state index in [1.807, 2.05) is 0 Å². The Morgan fingerprint density at radius 1 is 0.911 bits per heavy atom. The third-order valence-corrected chi connectivity index (χ3v) is 11.2. The van der Waals surface area contributed by atoms with Crippen molar-refractivity contribution in [3.63, 3.8) is 0 Å². The highest BCUT2D eigenvalue weighted by Crippen LogP contribution is 3.03. The molecule has 0 aromatic heterocycles. The Labute approximate surface area is 254 Å². The summed E-state index contributed by atoms with van der Waals surface area (Å²) in [6, 6.07) is 10.1. The van der Waals surface area contributed by atoms with Crippen molar-refractivity contribution in [1.82, 2.24) is 0 Å². The van der Waals surface area contributed by atoms with Crippen molar-refractivity contribution in [2.45, 2.75) is 67.3 Å². The van der Waals surface area contributed by atoms with Crippen molar-refractivity contribution in [3.05, 3.63) is 53.6 Å². The number of phenols is 3. The number of carbonyl (C=O) groups is 2. The molecule has 3 aliphatic carbocycles. The van der Waals surface area contributed by atoms with E-state index in [-0.39, 0.29) is 18.6 Å². The van der Waals surface area contributed by atoms with Crippen molar-refractivity contribution in [1.29, 1.82) is 0 Å². The molecule has 3 saturated heterocycles. The number of rotatable bonds is 8. The molecule has 0 radical (unpaired) electrons. The number of ether oxygens (including phenoxy) is 6. The standard InChI is InChI=1S/C30H30O15/c1-26-28(9-17-27(28,29(26)25(44-26)45-30(17,29)39)11-41-22(37)12-5-3-2-4-6-12)43-24-21(36)20(35)19(34)16(42-24)10-40-23(38)13-7-14(31)18(33)15(32)8-13/h2-8,16-17,19-21,24-25,31-36,39H,9-11H2,1H3/t16-,17-,19-,20+,21-,24+,25+,26-,27?,28?,29?,30+/m1/s1. The molecule has 12 atom stereocenters. The van der Waals surface area contributed by atoms with Gasteiger partial charge >= 0.3 is 11.9 Å². The number of hydrogen-bond acceptors (Lipinski definition) is 15. The molecule has 3 saturated carbocycles. The van der Waals surface area contributed by atoms with Gasteiger partial charge in [-0.15, -0.1) is 0 Å². The molecule has 45 heavy (non-hydrogen) atoms. The smallest absolute Gasteiger partial charge is 0.338 e. The van der Waals surface area contributed by atoms with Crippen LogP contribution in [0.4, 0.5) is 0 Å². The first kappa shape index (κ1) is 28.9. The van der Waals surface area contributed by atoms with Gasteiger partial charge in [0.1, 0.15) is 54.2 Å². The summed E-state index contributed by atoms with van der Waals surface area (Å²) in [7, 11) is 0. The Kier molecular flexibility index (Phi) is 5.67. The van der Waals surface area contributed by atoms with Gasteiger partial charge in [0, 0.05) is 5.92 Å². The van der Waals surface area contributed by atoms with Gasteiger partial charge in [-0.25, -0.2) is 9.59 Å². The van der Waals surface area contributed by atoms with E-state index in [0.717, 1.165) is 12.1 Å². The molecule has 2 aromatic rings. The topological polar surface area (TPSA) is 231 Å². The fourth-order valence-electron chi connectivity index (χ4n) is 9.20. The molecule has 1 spiro atoms. The highest BCUT2D eigenvalue weighted by molar-refractivity contribution is 5.91. The number of benzene rings is 2. The summed E-state index contributed by atoms with van der Waals surface area (Å²) >= 11 is 0. The maximum absolute atomic E-state index is 12.9. The molecule has 0 amide bonds. The quantitative estimate of drug-likeness (QED) is 0.140. The average molecular weight is 631 g/mol. The van der Waals surface area contributed by atoms with Crippen LogP contribution in [0.1, 0.15) is 34.1 Å². The van der Waals surface area contributed by atoms with Crippen LogP contribution in [-0.2, 0) is 28.4 Å². The second-order valence-corrected chi connectivity index (χ2v) is 12.7. The van der Waals surface area contributed by atoms with Crippen LogP contribution in [0.3, 0.4) is 0 Å². The van der Waals surface area contributed by atoms with Crippen LogP contribution in [-0.4, -0.2) is 115 Å². The summed E-state index contributed by atoms with van der Waals surface area (Å²) in [4.78, 5) is 25.5. The third kappa shape index (κ3) is 2.95. The molecule has 15 nitrogen and oxygen atoms in total. The summed E-state index contributed by atoms with van der Waals surface area (Å²) in [5.74, 6) is -6.01. The Morgan fingerprint density at radius 2 is 1.58 bits per heavy atom. The normalized spacial score (nSPS) is 46.0. The maximum atomic E-state index is 12.9. The monoisotopic (exact) mass is 630 g/mol. The Morgan fingerprint density at radius 3 is 2.24 bits per heavy atom. The molecular weight excluding hydrogens is 600 g/mol. The first-order valence-electron chi connectivity index (χ1n) is 14.4. The Bertz CT molecular complexity index is 1590. The lowest BCUT2D eigenvalue weighted by Crippen LogP contribution is -3.20. The molecular formula is C30H30O15. The Balaban J connectivity index is 1.02. The van der Waals surface area contributed by atoms with Gasteiger partial charge in [-0.2, -0.15) is 0 Å². The van der Waals surface area contributed by atoms with Gasteiger partial charge in [-0.3, -0.25) is 0 Å². The second-order valence-electron chi connectivity index (χ2n) is 12.7. The van der Waals surface area contributed by atoms with Crippen LogP contribution in [0.15, 0.2) is 42.5 Å². The van der Waals surface area contributed by atoms with E-state index in [1.165, 1.54) is 0 Å².